The van der Waals surface area contributed by atoms with Gasteiger partial charge < -0.3 is 15.2 Å². The Balaban J connectivity index is 1.71. The first-order valence-corrected chi connectivity index (χ1v) is 9.76. The van der Waals surface area contributed by atoms with Gasteiger partial charge in [0.15, 0.2) is 11.5 Å². The highest BCUT2D eigenvalue weighted by molar-refractivity contribution is 9.10. The fourth-order valence-electron chi connectivity index (χ4n) is 2.49. The molecule has 1 fully saturated rings. The van der Waals surface area contributed by atoms with Gasteiger partial charge in [-0.1, -0.05) is 6.07 Å². The minimum atomic E-state index is -0.609. The highest BCUT2D eigenvalue weighted by Gasteiger charge is 2.36. The van der Waals surface area contributed by atoms with Crippen LogP contribution in [0.2, 0.25) is 0 Å². The third kappa shape index (κ3) is 4.77. The van der Waals surface area contributed by atoms with E-state index >= 15 is 0 Å². The number of nitrogens with one attached hydrogen (secondary N) is 1. The Morgan fingerprint density at radius 3 is 2.76 bits per heavy atom. The molecule has 29 heavy (non-hydrogen) atoms. The summed E-state index contributed by atoms with van der Waals surface area (Å²) in [6.45, 7) is -0.476. The van der Waals surface area contributed by atoms with E-state index in [4.69, 9.17) is 4.74 Å². The van der Waals surface area contributed by atoms with Gasteiger partial charge in [0.1, 0.15) is 12.4 Å². The predicted molar refractivity (Wildman–Crippen MR) is 110 cm³/mol. The van der Waals surface area contributed by atoms with E-state index in [2.05, 4.69) is 21.2 Å². The number of methoxy groups -OCH3 is 1. The van der Waals surface area contributed by atoms with Crippen molar-refractivity contribution >= 4 is 56.5 Å². The molecule has 3 rings (SSSR count). The molecule has 2 N–H and O–H groups in total. The van der Waals surface area contributed by atoms with Crippen molar-refractivity contribution in [1.29, 1.82) is 0 Å². The van der Waals surface area contributed by atoms with E-state index in [0.717, 1.165) is 4.90 Å². The Kier molecular flexibility index (Phi) is 6.23. The van der Waals surface area contributed by atoms with Gasteiger partial charge in [-0.3, -0.25) is 19.3 Å². The molecule has 0 aliphatic carbocycles. The van der Waals surface area contributed by atoms with Gasteiger partial charge in [0, 0.05) is 5.69 Å². The second kappa shape index (κ2) is 8.66. The average Bonchev–Trinajstić information content (AvgIpc) is 2.93. The SMILES string of the molecule is COc1cc(/C=C2\SC(=O)N(CC(=O)Nc3ccc(F)c(Br)c3)C2=O)ccc1O. The second-order valence-electron chi connectivity index (χ2n) is 5.88. The summed E-state index contributed by atoms with van der Waals surface area (Å²) in [6, 6.07) is 8.40. The van der Waals surface area contributed by atoms with E-state index in [1.807, 2.05) is 0 Å². The van der Waals surface area contributed by atoms with Gasteiger partial charge in [-0.15, -0.1) is 0 Å². The molecule has 2 aromatic rings. The lowest BCUT2D eigenvalue weighted by Crippen LogP contribution is -2.36. The number of hydrogen-bond donors (Lipinski definition) is 2. The van der Waals surface area contributed by atoms with Crippen LogP contribution in [0.3, 0.4) is 0 Å². The minimum Gasteiger partial charge on any atom is -0.504 e. The number of benzene rings is 2. The summed E-state index contributed by atoms with van der Waals surface area (Å²) in [4.78, 5) is 37.9. The molecule has 0 saturated carbocycles. The van der Waals surface area contributed by atoms with E-state index in [9.17, 15) is 23.9 Å². The van der Waals surface area contributed by atoms with Crippen molar-refractivity contribution in [3.05, 3.63) is 57.2 Å². The van der Waals surface area contributed by atoms with E-state index in [1.54, 1.807) is 6.07 Å². The fraction of sp³-hybridized carbons (Fsp3) is 0.105. The van der Waals surface area contributed by atoms with Crippen LogP contribution in [0.5, 0.6) is 11.5 Å². The number of phenols is 1. The molecule has 10 heteroatoms. The molecule has 1 saturated heterocycles. The standard InChI is InChI=1S/C19H14BrFN2O5S/c1-28-15-6-10(2-5-14(15)24)7-16-18(26)23(19(27)29-16)9-17(25)22-11-3-4-13(21)12(20)8-11/h2-8,24H,9H2,1H3,(H,22,25)/b16-7-. The van der Waals surface area contributed by atoms with Crippen LogP contribution in [-0.2, 0) is 9.59 Å². The van der Waals surface area contributed by atoms with Crippen LogP contribution in [0.25, 0.3) is 6.08 Å². The van der Waals surface area contributed by atoms with E-state index in [0.29, 0.717) is 23.0 Å². The lowest BCUT2D eigenvalue weighted by atomic mass is 10.2. The van der Waals surface area contributed by atoms with Gasteiger partial charge >= 0.3 is 0 Å². The number of nitrogens with zero attached hydrogens (tertiary/aromatic N) is 1. The molecular weight excluding hydrogens is 467 g/mol. The number of amides is 3. The number of phenolic OH excluding ortho intramolecular Hbond substituents is 1. The predicted octanol–water partition coefficient (Wildman–Crippen LogP) is 3.98. The minimum absolute atomic E-state index is 0.0538. The Morgan fingerprint density at radius 1 is 1.31 bits per heavy atom. The maximum absolute atomic E-state index is 13.3. The van der Waals surface area contributed by atoms with Gasteiger partial charge in [0.2, 0.25) is 5.91 Å². The normalized spacial score (nSPS) is 15.1. The lowest BCUT2D eigenvalue weighted by molar-refractivity contribution is -0.127. The highest BCUT2D eigenvalue weighted by atomic mass is 79.9. The van der Waals surface area contributed by atoms with Crippen LogP contribution in [0.1, 0.15) is 5.56 Å². The zero-order valence-corrected chi connectivity index (χ0v) is 17.3. The van der Waals surface area contributed by atoms with Gasteiger partial charge in [-0.2, -0.15) is 0 Å². The molecule has 0 bridgehead atoms. The van der Waals surface area contributed by atoms with Crippen molar-refractivity contribution < 1.29 is 28.6 Å². The number of carbonyl (C=O) groups excluding carboxylic acids is 3. The Hall–Kier alpha value is -2.85. The topological polar surface area (TPSA) is 95.9 Å². The summed E-state index contributed by atoms with van der Waals surface area (Å²) in [7, 11) is 1.39. The van der Waals surface area contributed by atoms with Crippen LogP contribution in [0.15, 0.2) is 45.8 Å². The van der Waals surface area contributed by atoms with Gasteiger partial charge in [-0.25, -0.2) is 4.39 Å². The van der Waals surface area contributed by atoms with Crippen LogP contribution >= 0.6 is 27.7 Å². The maximum atomic E-state index is 13.3. The van der Waals surface area contributed by atoms with Gasteiger partial charge in [0.05, 0.1) is 16.5 Å². The number of imide groups is 1. The molecule has 2 aromatic carbocycles. The third-order valence-electron chi connectivity index (χ3n) is 3.88. The summed E-state index contributed by atoms with van der Waals surface area (Å²) in [5, 5.41) is 11.6. The third-order valence-corrected chi connectivity index (χ3v) is 5.40. The summed E-state index contributed by atoms with van der Waals surface area (Å²) < 4.78 is 18.5. The Bertz CT molecular complexity index is 1040. The number of rotatable bonds is 5. The van der Waals surface area contributed by atoms with Crippen LogP contribution < -0.4 is 10.1 Å². The maximum Gasteiger partial charge on any atom is 0.294 e. The molecule has 1 aliphatic heterocycles. The second-order valence-corrected chi connectivity index (χ2v) is 7.72. The number of thioether (sulfide) groups is 1. The Labute approximate surface area is 177 Å². The molecule has 0 aromatic heterocycles. The van der Waals surface area contributed by atoms with Crippen molar-refractivity contribution in [1.82, 2.24) is 4.90 Å². The Morgan fingerprint density at radius 2 is 2.07 bits per heavy atom. The fourth-order valence-corrected chi connectivity index (χ4v) is 3.71. The molecule has 1 aliphatic rings. The number of hydrogen-bond acceptors (Lipinski definition) is 6. The number of ether oxygens (including phenoxy) is 1. The molecule has 0 atom stereocenters. The first-order chi connectivity index (χ1) is 13.8. The van der Waals surface area contributed by atoms with Crippen LogP contribution in [-0.4, -0.2) is 40.7 Å². The molecule has 7 nitrogen and oxygen atoms in total. The van der Waals surface area contributed by atoms with Crippen LogP contribution in [0, 0.1) is 5.82 Å². The van der Waals surface area contributed by atoms with Gasteiger partial charge in [0.25, 0.3) is 11.1 Å². The zero-order valence-electron chi connectivity index (χ0n) is 14.9. The lowest BCUT2D eigenvalue weighted by Gasteiger charge is -2.12. The number of carbonyl (C=O) groups is 3. The largest absolute Gasteiger partial charge is 0.504 e. The molecule has 0 spiro atoms. The monoisotopic (exact) mass is 480 g/mol. The highest BCUT2D eigenvalue weighted by Crippen LogP contribution is 2.34. The first-order valence-electron chi connectivity index (χ1n) is 8.15. The summed E-state index contributed by atoms with van der Waals surface area (Å²) >= 11 is 3.72. The smallest absolute Gasteiger partial charge is 0.294 e. The number of halogens is 2. The molecule has 150 valence electrons. The molecule has 0 radical (unpaired) electrons. The molecular formula is C19H14BrFN2O5S. The molecule has 0 unspecified atom stereocenters. The van der Waals surface area contributed by atoms with Crippen molar-refractivity contribution in [2.24, 2.45) is 0 Å². The zero-order chi connectivity index (χ0) is 21.1. The van der Waals surface area contributed by atoms with Crippen molar-refractivity contribution in [2.45, 2.75) is 0 Å². The van der Waals surface area contributed by atoms with Crippen LogP contribution in [0.4, 0.5) is 14.9 Å². The first kappa shape index (κ1) is 20.9. The van der Waals surface area contributed by atoms with Crippen molar-refractivity contribution in [2.75, 3.05) is 19.0 Å². The van der Waals surface area contributed by atoms with E-state index in [1.165, 1.54) is 43.5 Å². The summed E-state index contributed by atoms with van der Waals surface area (Å²) in [5.41, 5.74) is 0.868. The van der Waals surface area contributed by atoms with Crippen molar-refractivity contribution in [3.63, 3.8) is 0 Å². The summed E-state index contributed by atoms with van der Waals surface area (Å²) in [5.74, 6) is -1.52. The average molecular weight is 481 g/mol. The molecule has 3 amide bonds. The van der Waals surface area contributed by atoms with E-state index in [-0.39, 0.29) is 20.9 Å². The van der Waals surface area contributed by atoms with Gasteiger partial charge in [-0.05, 0) is 69.7 Å². The molecule has 1 heterocycles. The van der Waals surface area contributed by atoms with E-state index < -0.39 is 29.4 Å². The number of aromatic hydroxyl groups is 1. The summed E-state index contributed by atoms with van der Waals surface area (Å²) in [6.07, 6.45) is 1.47. The number of anilines is 1. The quantitative estimate of drug-likeness (QED) is 0.628. The van der Waals surface area contributed by atoms with Crippen molar-refractivity contribution in [3.8, 4) is 11.5 Å².